The van der Waals surface area contributed by atoms with Crippen LogP contribution in [-0.2, 0) is 9.47 Å². The number of allylic oxidation sites excluding steroid dienone is 3. The molecule has 0 atom stereocenters. The van der Waals surface area contributed by atoms with E-state index in [9.17, 15) is 0 Å². The quantitative estimate of drug-likeness (QED) is 0.575. The average Bonchev–Trinajstić information content (AvgIpc) is 2.50. The molecule has 0 aromatic rings. The fourth-order valence-corrected chi connectivity index (χ4v) is 0.999. The summed E-state index contributed by atoms with van der Waals surface area (Å²) in [4.78, 5) is 0. The zero-order valence-corrected chi connectivity index (χ0v) is 6.66. The van der Waals surface area contributed by atoms with Crippen LogP contribution in [0.25, 0.3) is 0 Å². The lowest BCUT2D eigenvalue weighted by molar-refractivity contribution is -0.0457. The normalized spacial score (nSPS) is 19.6. The van der Waals surface area contributed by atoms with E-state index in [0.717, 1.165) is 26.1 Å². The number of hydrogen-bond acceptors (Lipinski definition) is 2. The van der Waals surface area contributed by atoms with E-state index in [4.69, 9.17) is 9.47 Å². The van der Waals surface area contributed by atoms with Crippen molar-refractivity contribution >= 4 is 0 Å². The Hall–Kier alpha value is -0.600. The van der Waals surface area contributed by atoms with E-state index in [-0.39, 0.29) is 6.29 Å². The molecule has 0 aromatic carbocycles. The van der Waals surface area contributed by atoms with Crippen molar-refractivity contribution in [3.05, 3.63) is 24.8 Å². The van der Waals surface area contributed by atoms with Crippen LogP contribution in [0.1, 0.15) is 12.8 Å². The Bertz CT molecular complexity index is 134. The van der Waals surface area contributed by atoms with Crippen LogP contribution in [-0.4, -0.2) is 19.5 Å². The first-order valence-corrected chi connectivity index (χ1v) is 3.94. The van der Waals surface area contributed by atoms with Gasteiger partial charge >= 0.3 is 0 Å². The molecule has 1 aliphatic rings. The van der Waals surface area contributed by atoms with Crippen molar-refractivity contribution in [2.45, 2.75) is 19.1 Å². The molecule has 0 spiro atoms. The van der Waals surface area contributed by atoms with Crippen LogP contribution >= 0.6 is 0 Å². The van der Waals surface area contributed by atoms with Crippen molar-refractivity contribution in [2.24, 2.45) is 0 Å². The highest BCUT2D eigenvalue weighted by molar-refractivity contribution is 4.96. The summed E-state index contributed by atoms with van der Waals surface area (Å²) in [5.41, 5.74) is 0. The van der Waals surface area contributed by atoms with Crippen LogP contribution in [0.5, 0.6) is 0 Å². The zero-order chi connectivity index (χ0) is 7.94. The van der Waals surface area contributed by atoms with Gasteiger partial charge in [0, 0.05) is 6.42 Å². The summed E-state index contributed by atoms with van der Waals surface area (Å²) in [5, 5.41) is 0. The molecule has 0 unspecified atom stereocenters. The molecule has 1 rings (SSSR count). The molecule has 2 heteroatoms. The van der Waals surface area contributed by atoms with Crippen LogP contribution in [0.4, 0.5) is 0 Å². The molecular formula is C9H14O2. The molecule has 0 amide bonds. The fraction of sp³-hybridized carbons (Fsp3) is 0.556. The van der Waals surface area contributed by atoms with Crippen molar-refractivity contribution in [1.29, 1.82) is 0 Å². The summed E-state index contributed by atoms with van der Waals surface area (Å²) in [6.07, 6.45) is 7.76. The van der Waals surface area contributed by atoms with Crippen LogP contribution < -0.4 is 0 Å². The molecular weight excluding hydrogens is 140 g/mol. The Morgan fingerprint density at radius 2 is 2.09 bits per heavy atom. The van der Waals surface area contributed by atoms with E-state index in [1.54, 1.807) is 6.08 Å². The second-order valence-electron chi connectivity index (χ2n) is 2.41. The molecule has 0 bridgehead atoms. The van der Waals surface area contributed by atoms with Gasteiger partial charge in [0.25, 0.3) is 0 Å². The van der Waals surface area contributed by atoms with Crippen LogP contribution in [0.15, 0.2) is 24.8 Å². The smallest absolute Gasteiger partial charge is 0.158 e. The number of ether oxygens (including phenoxy) is 2. The third-order valence-corrected chi connectivity index (χ3v) is 1.53. The monoisotopic (exact) mass is 154 g/mol. The Balaban J connectivity index is 2.01. The molecule has 1 heterocycles. The van der Waals surface area contributed by atoms with Gasteiger partial charge in [-0.2, -0.15) is 0 Å². The first-order valence-electron chi connectivity index (χ1n) is 3.94. The second kappa shape index (κ2) is 5.10. The lowest BCUT2D eigenvalue weighted by Crippen LogP contribution is -2.05. The molecule has 0 aliphatic carbocycles. The molecule has 1 saturated heterocycles. The lowest BCUT2D eigenvalue weighted by atomic mass is 10.3. The fourth-order valence-electron chi connectivity index (χ4n) is 0.999. The molecule has 1 fully saturated rings. The van der Waals surface area contributed by atoms with Gasteiger partial charge < -0.3 is 9.47 Å². The van der Waals surface area contributed by atoms with Crippen molar-refractivity contribution < 1.29 is 9.47 Å². The van der Waals surface area contributed by atoms with Gasteiger partial charge in [-0.15, -0.1) is 0 Å². The van der Waals surface area contributed by atoms with Gasteiger partial charge in [-0.25, -0.2) is 0 Å². The second-order valence-corrected chi connectivity index (χ2v) is 2.41. The van der Waals surface area contributed by atoms with Gasteiger partial charge in [-0.3, -0.25) is 0 Å². The van der Waals surface area contributed by atoms with Gasteiger partial charge in [0.15, 0.2) is 6.29 Å². The molecule has 1 aliphatic heterocycles. The number of rotatable bonds is 4. The summed E-state index contributed by atoms with van der Waals surface area (Å²) in [5.74, 6) is 0. The Labute approximate surface area is 67.5 Å². The largest absolute Gasteiger partial charge is 0.350 e. The summed E-state index contributed by atoms with van der Waals surface area (Å²) >= 11 is 0. The minimum absolute atomic E-state index is 0.0319. The molecule has 2 nitrogen and oxygen atoms in total. The van der Waals surface area contributed by atoms with E-state index in [1.165, 1.54) is 0 Å². The summed E-state index contributed by atoms with van der Waals surface area (Å²) in [7, 11) is 0. The maximum Gasteiger partial charge on any atom is 0.158 e. The Morgan fingerprint density at radius 1 is 1.36 bits per heavy atom. The highest BCUT2D eigenvalue weighted by Gasteiger charge is 2.13. The van der Waals surface area contributed by atoms with Gasteiger partial charge in [0.2, 0.25) is 0 Å². The van der Waals surface area contributed by atoms with E-state index < -0.39 is 0 Å². The van der Waals surface area contributed by atoms with Crippen molar-refractivity contribution in [3.8, 4) is 0 Å². The molecule has 11 heavy (non-hydrogen) atoms. The standard InChI is InChI=1S/C9H14O2/c1-2-3-4-5-6-9-10-7-8-11-9/h2-4,9H,1,5-8H2/b4-3+. The predicted octanol–water partition coefficient (Wildman–Crippen LogP) is 1.88. The van der Waals surface area contributed by atoms with E-state index in [1.807, 2.05) is 6.08 Å². The molecule has 0 saturated carbocycles. The maximum absolute atomic E-state index is 5.25. The summed E-state index contributed by atoms with van der Waals surface area (Å²) in [6.45, 7) is 5.07. The van der Waals surface area contributed by atoms with Crippen molar-refractivity contribution in [1.82, 2.24) is 0 Å². The lowest BCUT2D eigenvalue weighted by Gasteiger charge is -2.05. The summed E-state index contributed by atoms with van der Waals surface area (Å²) in [6, 6.07) is 0. The van der Waals surface area contributed by atoms with Crippen LogP contribution in [0.2, 0.25) is 0 Å². The van der Waals surface area contributed by atoms with Crippen molar-refractivity contribution in [2.75, 3.05) is 13.2 Å². The third kappa shape index (κ3) is 3.35. The Kier molecular flexibility index (Phi) is 3.94. The van der Waals surface area contributed by atoms with Crippen LogP contribution in [0, 0.1) is 0 Å². The van der Waals surface area contributed by atoms with Crippen LogP contribution in [0.3, 0.4) is 0 Å². The molecule has 0 N–H and O–H groups in total. The van der Waals surface area contributed by atoms with E-state index in [2.05, 4.69) is 12.7 Å². The average molecular weight is 154 g/mol. The SMILES string of the molecule is C=C/C=C/CCC1OCCO1. The van der Waals surface area contributed by atoms with E-state index >= 15 is 0 Å². The minimum Gasteiger partial charge on any atom is -0.350 e. The van der Waals surface area contributed by atoms with Gasteiger partial charge in [-0.05, 0) is 6.42 Å². The third-order valence-electron chi connectivity index (χ3n) is 1.53. The van der Waals surface area contributed by atoms with Gasteiger partial charge in [0.05, 0.1) is 13.2 Å². The molecule has 0 aromatic heterocycles. The van der Waals surface area contributed by atoms with Gasteiger partial charge in [0.1, 0.15) is 0 Å². The first-order chi connectivity index (χ1) is 5.43. The predicted molar refractivity (Wildman–Crippen MR) is 44.3 cm³/mol. The molecule has 62 valence electrons. The van der Waals surface area contributed by atoms with E-state index in [0.29, 0.717) is 0 Å². The highest BCUT2D eigenvalue weighted by Crippen LogP contribution is 2.09. The zero-order valence-electron chi connectivity index (χ0n) is 6.66. The number of hydrogen-bond donors (Lipinski definition) is 0. The van der Waals surface area contributed by atoms with Crippen molar-refractivity contribution in [3.63, 3.8) is 0 Å². The highest BCUT2D eigenvalue weighted by atomic mass is 16.7. The summed E-state index contributed by atoms with van der Waals surface area (Å²) < 4.78 is 10.5. The minimum atomic E-state index is 0.0319. The maximum atomic E-state index is 5.25. The first kappa shape index (κ1) is 8.50. The van der Waals surface area contributed by atoms with Gasteiger partial charge in [-0.1, -0.05) is 24.8 Å². The topological polar surface area (TPSA) is 18.5 Å². The molecule has 0 radical (unpaired) electrons. The Morgan fingerprint density at radius 3 is 2.73 bits per heavy atom.